The highest BCUT2D eigenvalue weighted by Crippen LogP contribution is 2.43. The largest absolute Gasteiger partial charge is 0.405 e. The van der Waals surface area contributed by atoms with E-state index in [4.69, 9.17) is 0 Å². The molecule has 0 spiro atoms. The van der Waals surface area contributed by atoms with E-state index in [0.717, 1.165) is 4.88 Å². The first-order valence-corrected chi connectivity index (χ1v) is 5.33. The zero-order valence-electron chi connectivity index (χ0n) is 7.07. The molecule has 0 radical (unpaired) electrons. The highest BCUT2D eigenvalue weighted by molar-refractivity contribution is 9.09. The molecule has 5 heteroatoms. The van der Waals surface area contributed by atoms with Crippen molar-refractivity contribution in [2.45, 2.75) is 24.9 Å². The standard InChI is InChI=1S/C8H8BrF3S/c1-4-3-5(2)13-6(4)7(9)8(10,11)12/h3,7H,1-2H3. The van der Waals surface area contributed by atoms with Crippen LogP contribution in [0, 0.1) is 13.8 Å². The van der Waals surface area contributed by atoms with Crippen LogP contribution in [0.15, 0.2) is 6.07 Å². The monoisotopic (exact) mass is 272 g/mol. The van der Waals surface area contributed by atoms with E-state index < -0.39 is 11.0 Å². The predicted octanol–water partition coefficient (Wildman–Crippen LogP) is 4.36. The van der Waals surface area contributed by atoms with E-state index in [0.29, 0.717) is 10.4 Å². The number of rotatable bonds is 1. The number of halogens is 4. The average Bonchev–Trinajstić information content (AvgIpc) is 2.26. The van der Waals surface area contributed by atoms with Gasteiger partial charge in [-0.05, 0) is 25.5 Å². The Labute approximate surface area is 86.9 Å². The molecule has 0 saturated heterocycles. The fraction of sp³-hybridized carbons (Fsp3) is 0.500. The zero-order valence-corrected chi connectivity index (χ0v) is 9.48. The Hall–Kier alpha value is -0.0300. The normalized spacial score (nSPS) is 14.6. The number of hydrogen-bond donors (Lipinski definition) is 0. The van der Waals surface area contributed by atoms with E-state index in [9.17, 15) is 13.2 Å². The lowest BCUT2D eigenvalue weighted by Crippen LogP contribution is -2.14. The molecule has 0 bridgehead atoms. The van der Waals surface area contributed by atoms with Gasteiger partial charge in [-0.2, -0.15) is 13.2 Å². The fourth-order valence-electron chi connectivity index (χ4n) is 1.06. The molecule has 1 rings (SSSR count). The van der Waals surface area contributed by atoms with Crippen LogP contribution in [0.25, 0.3) is 0 Å². The Balaban J connectivity index is 3.01. The molecule has 0 fully saturated rings. The maximum atomic E-state index is 12.3. The summed E-state index contributed by atoms with van der Waals surface area (Å²) in [5, 5.41) is 0. The second-order valence-electron chi connectivity index (χ2n) is 2.81. The van der Waals surface area contributed by atoms with E-state index in [1.54, 1.807) is 19.9 Å². The first-order valence-electron chi connectivity index (χ1n) is 3.60. The second kappa shape index (κ2) is 3.61. The van der Waals surface area contributed by atoms with Gasteiger partial charge in [0.15, 0.2) is 0 Å². The Bertz CT molecular complexity index is 303. The first-order chi connectivity index (χ1) is 5.82. The highest BCUT2D eigenvalue weighted by Gasteiger charge is 2.40. The molecule has 0 N–H and O–H groups in total. The molecule has 0 aliphatic heterocycles. The van der Waals surface area contributed by atoms with Gasteiger partial charge >= 0.3 is 6.18 Å². The van der Waals surface area contributed by atoms with Crippen molar-refractivity contribution >= 4 is 27.3 Å². The predicted molar refractivity (Wildman–Crippen MR) is 51.5 cm³/mol. The molecule has 0 saturated carbocycles. The summed E-state index contributed by atoms with van der Waals surface area (Å²) in [7, 11) is 0. The minimum absolute atomic E-state index is 0.352. The number of thiophene rings is 1. The molecule has 0 nitrogen and oxygen atoms in total. The smallest absolute Gasteiger partial charge is 0.169 e. The molecule has 0 aliphatic carbocycles. The molecule has 1 atom stereocenters. The highest BCUT2D eigenvalue weighted by atomic mass is 79.9. The van der Waals surface area contributed by atoms with Crippen LogP contribution in [0.3, 0.4) is 0 Å². The molecular weight excluding hydrogens is 265 g/mol. The summed E-state index contributed by atoms with van der Waals surface area (Å²) in [4.78, 5) is -0.273. The molecule has 13 heavy (non-hydrogen) atoms. The van der Waals surface area contributed by atoms with Crippen LogP contribution in [0.2, 0.25) is 0 Å². The van der Waals surface area contributed by atoms with E-state index in [2.05, 4.69) is 15.9 Å². The Morgan fingerprint density at radius 1 is 1.38 bits per heavy atom. The zero-order chi connectivity index (χ0) is 10.2. The number of alkyl halides is 4. The third kappa shape index (κ3) is 2.47. The van der Waals surface area contributed by atoms with Crippen LogP contribution >= 0.6 is 27.3 Å². The van der Waals surface area contributed by atoms with Crippen molar-refractivity contribution in [2.75, 3.05) is 0 Å². The molecule has 1 unspecified atom stereocenters. The van der Waals surface area contributed by atoms with Crippen molar-refractivity contribution in [3.8, 4) is 0 Å². The third-order valence-corrected chi connectivity index (χ3v) is 4.09. The lowest BCUT2D eigenvalue weighted by molar-refractivity contribution is -0.127. The molecule has 1 aromatic rings. The van der Waals surface area contributed by atoms with Gasteiger partial charge < -0.3 is 0 Å². The minimum atomic E-state index is -4.21. The van der Waals surface area contributed by atoms with Gasteiger partial charge in [0.2, 0.25) is 0 Å². The van der Waals surface area contributed by atoms with Crippen LogP contribution in [0.1, 0.15) is 20.1 Å². The van der Waals surface area contributed by atoms with Crippen molar-refractivity contribution in [3.63, 3.8) is 0 Å². The van der Waals surface area contributed by atoms with E-state index >= 15 is 0 Å². The van der Waals surface area contributed by atoms with Gasteiger partial charge in [-0.15, -0.1) is 11.3 Å². The summed E-state index contributed by atoms with van der Waals surface area (Å²) >= 11 is 3.84. The molecular formula is C8H8BrF3S. The van der Waals surface area contributed by atoms with Crippen molar-refractivity contribution in [2.24, 2.45) is 0 Å². The van der Waals surface area contributed by atoms with Crippen molar-refractivity contribution in [1.29, 1.82) is 0 Å². The van der Waals surface area contributed by atoms with Gasteiger partial charge in [0, 0.05) is 9.75 Å². The summed E-state index contributed by atoms with van der Waals surface area (Å²) in [5.74, 6) is 0. The summed E-state index contributed by atoms with van der Waals surface area (Å²) < 4.78 is 36.9. The molecule has 1 aromatic heterocycles. The van der Waals surface area contributed by atoms with Gasteiger partial charge in [0.1, 0.15) is 4.83 Å². The van der Waals surface area contributed by atoms with Crippen LogP contribution in [-0.4, -0.2) is 6.18 Å². The average molecular weight is 273 g/mol. The third-order valence-electron chi connectivity index (χ3n) is 1.60. The van der Waals surface area contributed by atoms with Crippen molar-refractivity contribution in [3.05, 3.63) is 21.4 Å². The minimum Gasteiger partial charge on any atom is -0.169 e. The van der Waals surface area contributed by atoms with Crippen LogP contribution in [-0.2, 0) is 0 Å². The summed E-state index contributed by atoms with van der Waals surface area (Å²) in [6, 6.07) is 1.76. The van der Waals surface area contributed by atoms with Gasteiger partial charge in [-0.3, -0.25) is 0 Å². The van der Waals surface area contributed by atoms with Gasteiger partial charge in [-0.25, -0.2) is 0 Å². The number of hydrogen-bond acceptors (Lipinski definition) is 1. The fourth-order valence-corrected chi connectivity index (χ4v) is 2.74. The quantitative estimate of drug-likeness (QED) is 0.667. The second-order valence-corrected chi connectivity index (χ2v) is 5.01. The molecule has 0 amide bonds. The van der Waals surface area contributed by atoms with Gasteiger partial charge in [0.05, 0.1) is 0 Å². The maximum absolute atomic E-state index is 12.3. The molecule has 0 aliphatic rings. The van der Waals surface area contributed by atoms with Crippen molar-refractivity contribution < 1.29 is 13.2 Å². The molecule has 74 valence electrons. The Morgan fingerprint density at radius 2 is 1.92 bits per heavy atom. The van der Waals surface area contributed by atoms with Crippen LogP contribution in [0.5, 0.6) is 0 Å². The van der Waals surface area contributed by atoms with E-state index in [-0.39, 0.29) is 0 Å². The van der Waals surface area contributed by atoms with E-state index in [1.807, 2.05) is 0 Å². The number of aryl methyl sites for hydroxylation is 2. The summed E-state index contributed by atoms with van der Waals surface area (Å²) in [6.45, 7) is 3.50. The SMILES string of the molecule is Cc1cc(C)c(C(Br)C(F)(F)F)s1. The van der Waals surface area contributed by atoms with Crippen molar-refractivity contribution in [1.82, 2.24) is 0 Å². The Kier molecular flexibility index (Phi) is 3.07. The topological polar surface area (TPSA) is 0 Å². The maximum Gasteiger partial charge on any atom is 0.405 e. The van der Waals surface area contributed by atoms with E-state index in [1.165, 1.54) is 11.3 Å². The summed E-state index contributed by atoms with van der Waals surface area (Å²) in [5.41, 5.74) is 0.696. The van der Waals surface area contributed by atoms with Gasteiger partial charge in [-0.1, -0.05) is 15.9 Å². The molecule has 1 heterocycles. The van der Waals surface area contributed by atoms with Gasteiger partial charge in [0.25, 0.3) is 0 Å². The van der Waals surface area contributed by atoms with Crippen LogP contribution < -0.4 is 0 Å². The Morgan fingerprint density at radius 3 is 2.23 bits per heavy atom. The lowest BCUT2D eigenvalue weighted by atomic mass is 10.2. The first kappa shape index (κ1) is 11.0. The molecule has 0 aromatic carbocycles. The lowest BCUT2D eigenvalue weighted by Gasteiger charge is -2.12. The van der Waals surface area contributed by atoms with Crippen LogP contribution in [0.4, 0.5) is 13.2 Å². The summed E-state index contributed by atoms with van der Waals surface area (Å²) in [6.07, 6.45) is -4.21.